The Morgan fingerprint density at radius 2 is 2.04 bits per heavy atom. The van der Waals surface area contributed by atoms with Crippen molar-refractivity contribution in [3.8, 4) is 11.3 Å². The third-order valence-corrected chi connectivity index (χ3v) is 5.47. The first kappa shape index (κ1) is 18.3. The Morgan fingerprint density at radius 3 is 2.69 bits per heavy atom. The molecule has 2 aromatic heterocycles. The van der Waals surface area contributed by atoms with E-state index in [1.54, 1.807) is 11.3 Å². The molecule has 0 spiro atoms. The van der Waals surface area contributed by atoms with Crippen LogP contribution in [0, 0.1) is 6.92 Å². The number of hydrogen-bond donors (Lipinski definition) is 2. The summed E-state index contributed by atoms with van der Waals surface area (Å²) in [6.45, 7) is 3.42. The highest BCUT2D eigenvalue weighted by Gasteiger charge is 2.18. The summed E-state index contributed by atoms with van der Waals surface area (Å²) < 4.78 is 0. The molecule has 0 aliphatic carbocycles. The first-order valence-electron chi connectivity index (χ1n) is 8.14. The van der Waals surface area contributed by atoms with Crippen molar-refractivity contribution in [1.82, 2.24) is 10.3 Å². The van der Waals surface area contributed by atoms with Crippen molar-refractivity contribution in [2.45, 2.75) is 26.3 Å². The fourth-order valence-corrected chi connectivity index (χ4v) is 4.01. The Labute approximate surface area is 160 Å². The van der Waals surface area contributed by atoms with Crippen molar-refractivity contribution >= 4 is 40.2 Å². The molecule has 0 unspecified atom stereocenters. The standard InChI is InChI=1S/C19H19N3O2S2/c1-12(23)20-16(18-7-4-8-25-18)10-19(24)22-15-6-3-5-14(9-15)17-11-26-13(2)21-17/h3-9,11,16H,10H2,1-2H3,(H,20,23)(H,22,24)/t16-/m1/s1. The molecule has 134 valence electrons. The Kier molecular flexibility index (Phi) is 5.80. The number of nitrogens with one attached hydrogen (secondary N) is 2. The van der Waals surface area contributed by atoms with Gasteiger partial charge in [0.15, 0.2) is 0 Å². The maximum absolute atomic E-state index is 12.5. The van der Waals surface area contributed by atoms with Crippen molar-refractivity contribution in [2.24, 2.45) is 0 Å². The quantitative estimate of drug-likeness (QED) is 0.661. The highest BCUT2D eigenvalue weighted by atomic mass is 32.1. The van der Waals surface area contributed by atoms with Gasteiger partial charge in [0, 0.05) is 28.4 Å². The number of rotatable bonds is 6. The van der Waals surface area contributed by atoms with Crippen molar-refractivity contribution in [3.63, 3.8) is 0 Å². The van der Waals surface area contributed by atoms with E-state index in [0.717, 1.165) is 21.1 Å². The van der Waals surface area contributed by atoms with Crippen molar-refractivity contribution in [2.75, 3.05) is 5.32 Å². The predicted molar refractivity (Wildman–Crippen MR) is 106 cm³/mol. The number of benzene rings is 1. The van der Waals surface area contributed by atoms with E-state index in [1.807, 2.05) is 54.1 Å². The summed E-state index contributed by atoms with van der Waals surface area (Å²) in [4.78, 5) is 29.4. The van der Waals surface area contributed by atoms with Gasteiger partial charge in [0.2, 0.25) is 11.8 Å². The van der Waals surface area contributed by atoms with Gasteiger partial charge in [-0.1, -0.05) is 18.2 Å². The van der Waals surface area contributed by atoms with Gasteiger partial charge in [-0.05, 0) is 30.5 Å². The first-order chi connectivity index (χ1) is 12.5. The summed E-state index contributed by atoms with van der Waals surface area (Å²) in [7, 11) is 0. The molecule has 3 rings (SSSR count). The first-order valence-corrected chi connectivity index (χ1v) is 9.90. The second kappa shape index (κ2) is 8.25. The smallest absolute Gasteiger partial charge is 0.226 e. The third kappa shape index (κ3) is 4.77. The van der Waals surface area contributed by atoms with Crippen LogP contribution >= 0.6 is 22.7 Å². The topological polar surface area (TPSA) is 71.1 Å². The van der Waals surface area contributed by atoms with Crippen LogP contribution in [-0.4, -0.2) is 16.8 Å². The second-order valence-electron chi connectivity index (χ2n) is 5.85. The number of anilines is 1. The van der Waals surface area contributed by atoms with Crippen LogP contribution in [0.5, 0.6) is 0 Å². The van der Waals surface area contributed by atoms with Gasteiger partial charge in [0.05, 0.1) is 23.2 Å². The van der Waals surface area contributed by atoms with E-state index in [9.17, 15) is 9.59 Å². The number of aromatic nitrogens is 1. The van der Waals surface area contributed by atoms with Crippen LogP contribution in [-0.2, 0) is 9.59 Å². The number of carbonyl (C=O) groups excluding carboxylic acids is 2. The monoisotopic (exact) mass is 385 g/mol. The molecule has 2 amide bonds. The van der Waals surface area contributed by atoms with Crippen LogP contribution in [0.2, 0.25) is 0 Å². The molecule has 0 aliphatic heterocycles. The molecular formula is C19H19N3O2S2. The highest BCUT2D eigenvalue weighted by molar-refractivity contribution is 7.10. The molecule has 0 saturated carbocycles. The van der Waals surface area contributed by atoms with E-state index in [1.165, 1.54) is 18.3 Å². The lowest BCUT2D eigenvalue weighted by Gasteiger charge is -2.16. The van der Waals surface area contributed by atoms with Gasteiger partial charge in [-0.25, -0.2) is 4.98 Å². The normalized spacial score (nSPS) is 11.8. The molecule has 1 atom stereocenters. The Morgan fingerprint density at radius 1 is 1.19 bits per heavy atom. The van der Waals surface area contributed by atoms with Crippen molar-refractivity contribution in [3.05, 3.63) is 57.0 Å². The minimum absolute atomic E-state index is 0.149. The molecule has 0 radical (unpaired) electrons. The van der Waals surface area contributed by atoms with E-state index < -0.39 is 0 Å². The molecule has 0 fully saturated rings. The summed E-state index contributed by atoms with van der Waals surface area (Å²) in [5.41, 5.74) is 2.58. The predicted octanol–water partition coefficient (Wildman–Crippen LogP) is 4.39. The Balaban J connectivity index is 1.70. The largest absolute Gasteiger partial charge is 0.348 e. The van der Waals surface area contributed by atoms with Crippen LogP contribution in [0.3, 0.4) is 0 Å². The van der Waals surface area contributed by atoms with Crippen LogP contribution in [0.4, 0.5) is 5.69 Å². The summed E-state index contributed by atoms with van der Waals surface area (Å²) in [6, 6.07) is 11.1. The van der Waals surface area contributed by atoms with Gasteiger partial charge >= 0.3 is 0 Å². The molecule has 0 saturated heterocycles. The molecule has 26 heavy (non-hydrogen) atoms. The lowest BCUT2D eigenvalue weighted by atomic mass is 10.1. The number of thiophene rings is 1. The zero-order valence-electron chi connectivity index (χ0n) is 14.5. The maximum atomic E-state index is 12.5. The highest BCUT2D eigenvalue weighted by Crippen LogP contribution is 2.25. The fraction of sp³-hybridized carbons (Fsp3) is 0.211. The summed E-state index contributed by atoms with van der Waals surface area (Å²) >= 11 is 3.12. The summed E-state index contributed by atoms with van der Waals surface area (Å²) in [5, 5.41) is 10.7. The zero-order chi connectivity index (χ0) is 18.5. The number of amides is 2. The molecule has 7 heteroatoms. The summed E-state index contributed by atoms with van der Waals surface area (Å²) in [6.07, 6.45) is 0.181. The fourth-order valence-electron chi connectivity index (χ4n) is 2.61. The number of thiazole rings is 1. The summed E-state index contributed by atoms with van der Waals surface area (Å²) in [5.74, 6) is -0.305. The lowest BCUT2D eigenvalue weighted by Crippen LogP contribution is -2.29. The van der Waals surface area contributed by atoms with Crippen LogP contribution in [0.25, 0.3) is 11.3 Å². The molecule has 0 aliphatic rings. The lowest BCUT2D eigenvalue weighted by molar-refractivity contribution is -0.120. The average Bonchev–Trinajstić information content (AvgIpc) is 3.25. The van der Waals surface area contributed by atoms with E-state index in [0.29, 0.717) is 5.69 Å². The zero-order valence-corrected chi connectivity index (χ0v) is 16.1. The van der Waals surface area contributed by atoms with Gasteiger partial charge in [-0.3, -0.25) is 9.59 Å². The van der Waals surface area contributed by atoms with Gasteiger partial charge in [0.1, 0.15) is 0 Å². The van der Waals surface area contributed by atoms with E-state index in [4.69, 9.17) is 0 Å². The van der Waals surface area contributed by atoms with Crippen molar-refractivity contribution in [1.29, 1.82) is 0 Å². The van der Waals surface area contributed by atoms with Crippen LogP contribution < -0.4 is 10.6 Å². The Bertz CT molecular complexity index is 903. The van der Waals surface area contributed by atoms with Gasteiger partial charge < -0.3 is 10.6 Å². The van der Waals surface area contributed by atoms with Gasteiger partial charge in [-0.15, -0.1) is 22.7 Å². The van der Waals surface area contributed by atoms with E-state index >= 15 is 0 Å². The average molecular weight is 386 g/mol. The van der Waals surface area contributed by atoms with Crippen molar-refractivity contribution < 1.29 is 9.59 Å². The minimum atomic E-state index is -0.322. The Hall–Kier alpha value is -2.51. The third-order valence-electron chi connectivity index (χ3n) is 3.71. The molecule has 5 nitrogen and oxygen atoms in total. The second-order valence-corrected chi connectivity index (χ2v) is 7.89. The van der Waals surface area contributed by atoms with Gasteiger partial charge in [-0.2, -0.15) is 0 Å². The molecule has 2 heterocycles. The molecule has 3 aromatic rings. The maximum Gasteiger partial charge on any atom is 0.226 e. The van der Waals surface area contributed by atoms with Crippen LogP contribution in [0.1, 0.15) is 29.3 Å². The number of carbonyl (C=O) groups is 2. The number of aryl methyl sites for hydroxylation is 1. The molecule has 2 N–H and O–H groups in total. The number of nitrogens with zero attached hydrogens (tertiary/aromatic N) is 1. The van der Waals surface area contributed by atoms with Gasteiger partial charge in [0.25, 0.3) is 0 Å². The molecule has 1 aromatic carbocycles. The van der Waals surface area contributed by atoms with Crippen LogP contribution in [0.15, 0.2) is 47.2 Å². The number of hydrogen-bond acceptors (Lipinski definition) is 5. The van der Waals surface area contributed by atoms with E-state index in [-0.39, 0.29) is 24.3 Å². The van der Waals surface area contributed by atoms with E-state index in [2.05, 4.69) is 15.6 Å². The SMILES string of the molecule is CC(=O)N[C@H](CC(=O)Nc1cccc(-c2csc(C)n2)c1)c1cccs1. The minimum Gasteiger partial charge on any atom is -0.348 e. The molecular weight excluding hydrogens is 366 g/mol. The molecule has 0 bridgehead atoms.